The van der Waals surface area contributed by atoms with Crippen LogP contribution in [0.15, 0.2) is 45.8 Å². The first-order chi connectivity index (χ1) is 14.0. The van der Waals surface area contributed by atoms with E-state index < -0.39 is 14.3 Å². The van der Waals surface area contributed by atoms with Crippen LogP contribution in [0, 0.1) is 5.92 Å². The Balaban J connectivity index is 1.82. The largest absolute Gasteiger partial charge is 0.461 e. The van der Waals surface area contributed by atoms with Gasteiger partial charge in [0, 0.05) is 16.2 Å². The molecule has 0 unspecified atom stereocenters. The molecule has 1 aromatic carbocycles. The number of thioether (sulfide) groups is 1. The van der Waals surface area contributed by atoms with Crippen LogP contribution >= 0.6 is 11.8 Å². The zero-order valence-corrected chi connectivity index (χ0v) is 20.8. The maximum Gasteiger partial charge on any atom is 0.355 e. The number of ether oxygens (including phenoxy) is 1. The van der Waals surface area contributed by atoms with E-state index in [1.54, 1.807) is 23.6 Å². The second-order valence-corrected chi connectivity index (χ2v) is 15.4. The van der Waals surface area contributed by atoms with E-state index in [-0.39, 0.29) is 35.6 Å². The van der Waals surface area contributed by atoms with E-state index in [4.69, 9.17) is 9.16 Å². The number of carbonyl (C=O) groups is 2. The molecule has 0 bridgehead atoms. The number of amides is 1. The number of benzene rings is 1. The Kier molecular flexibility index (Phi) is 6.56. The van der Waals surface area contributed by atoms with Crippen LogP contribution in [0.3, 0.4) is 0 Å². The van der Waals surface area contributed by atoms with Gasteiger partial charge in [0.25, 0.3) is 0 Å². The molecule has 2 aliphatic heterocycles. The smallest absolute Gasteiger partial charge is 0.355 e. The van der Waals surface area contributed by atoms with Crippen molar-refractivity contribution in [2.75, 3.05) is 6.61 Å². The Hall–Kier alpha value is -1.57. The summed E-state index contributed by atoms with van der Waals surface area (Å²) in [5.41, 5.74) is 0.413. The SMILES string of the molecule is CCOC(=O)C1=C(Sc2ccccc2)C[C@@H]2[C@@H]([C@@H](C)O[Si](C)(C)C(C)(C)C)C(=O)N12. The summed E-state index contributed by atoms with van der Waals surface area (Å²) >= 11 is 1.55. The van der Waals surface area contributed by atoms with Gasteiger partial charge in [0.15, 0.2) is 8.32 Å². The van der Waals surface area contributed by atoms with Crippen molar-refractivity contribution in [1.29, 1.82) is 0 Å². The van der Waals surface area contributed by atoms with Crippen molar-refractivity contribution in [2.45, 2.75) is 76.2 Å². The number of esters is 1. The first-order valence-electron chi connectivity index (χ1n) is 10.6. The summed E-state index contributed by atoms with van der Waals surface area (Å²) in [5.74, 6) is -0.668. The van der Waals surface area contributed by atoms with Gasteiger partial charge in [-0.2, -0.15) is 0 Å². The molecule has 1 amide bonds. The Bertz CT molecular complexity index is 847. The molecule has 0 spiro atoms. The predicted octanol–water partition coefficient (Wildman–Crippen LogP) is 5.19. The van der Waals surface area contributed by atoms with Crippen molar-refractivity contribution in [3.8, 4) is 0 Å². The van der Waals surface area contributed by atoms with Gasteiger partial charge in [0.05, 0.1) is 24.7 Å². The standard InChI is InChI=1S/C23H33NO4SSi/c1-8-27-22(26)20-18(29-16-12-10-9-11-13-16)14-17-19(21(25)24(17)20)15(2)28-30(6,7)23(3,4)5/h9-13,15,17,19H,8,14H2,1-7H3/t15-,17-,19-/m1/s1. The second-order valence-electron chi connectivity index (χ2n) is 9.50. The molecule has 7 heteroatoms. The number of hydrogen-bond donors (Lipinski definition) is 0. The molecule has 0 aliphatic carbocycles. The van der Waals surface area contributed by atoms with E-state index in [9.17, 15) is 9.59 Å². The molecule has 3 rings (SSSR count). The highest BCUT2D eigenvalue weighted by Crippen LogP contribution is 2.50. The topological polar surface area (TPSA) is 55.8 Å². The molecule has 0 radical (unpaired) electrons. The molecule has 164 valence electrons. The lowest BCUT2D eigenvalue weighted by Gasteiger charge is -2.48. The lowest BCUT2D eigenvalue weighted by Crippen LogP contribution is -2.63. The van der Waals surface area contributed by atoms with Gasteiger partial charge in [0.1, 0.15) is 5.70 Å². The molecule has 30 heavy (non-hydrogen) atoms. The van der Waals surface area contributed by atoms with Crippen LogP contribution in [0.25, 0.3) is 0 Å². The molecule has 0 aromatic heterocycles. The highest BCUT2D eigenvalue weighted by Gasteiger charge is 2.58. The molecule has 2 aliphatic rings. The van der Waals surface area contributed by atoms with Crippen molar-refractivity contribution >= 4 is 32.0 Å². The van der Waals surface area contributed by atoms with E-state index in [2.05, 4.69) is 33.9 Å². The average molecular weight is 448 g/mol. The van der Waals surface area contributed by atoms with Crippen molar-refractivity contribution in [2.24, 2.45) is 5.92 Å². The first kappa shape index (κ1) is 23.1. The Morgan fingerprint density at radius 3 is 2.47 bits per heavy atom. The zero-order chi connectivity index (χ0) is 22.3. The fourth-order valence-electron chi connectivity index (χ4n) is 3.84. The van der Waals surface area contributed by atoms with E-state index in [1.807, 2.05) is 37.3 Å². The predicted molar refractivity (Wildman–Crippen MR) is 122 cm³/mol. The number of β-lactam (4-membered cyclic amide) rings is 1. The van der Waals surface area contributed by atoms with E-state index >= 15 is 0 Å². The first-order valence-corrected chi connectivity index (χ1v) is 14.3. The zero-order valence-electron chi connectivity index (χ0n) is 19.0. The lowest BCUT2D eigenvalue weighted by molar-refractivity contribution is -0.161. The van der Waals surface area contributed by atoms with Crippen LogP contribution in [0.5, 0.6) is 0 Å². The molecule has 1 aromatic rings. The average Bonchev–Trinajstić information content (AvgIpc) is 2.95. The molecular formula is C23H33NO4SSi. The summed E-state index contributed by atoms with van der Waals surface area (Å²) in [7, 11) is -2.00. The van der Waals surface area contributed by atoms with Crippen LogP contribution in [-0.2, 0) is 18.8 Å². The molecule has 2 heterocycles. The summed E-state index contributed by atoms with van der Waals surface area (Å²) in [6, 6.07) is 9.89. The summed E-state index contributed by atoms with van der Waals surface area (Å²) in [4.78, 5) is 29.5. The number of carbonyl (C=O) groups excluding carboxylic acids is 2. The summed E-state index contributed by atoms with van der Waals surface area (Å²) in [6.45, 7) is 15.1. The van der Waals surface area contributed by atoms with Crippen molar-refractivity contribution in [1.82, 2.24) is 4.90 Å². The molecule has 0 N–H and O–H groups in total. The highest BCUT2D eigenvalue weighted by atomic mass is 32.2. The van der Waals surface area contributed by atoms with Gasteiger partial charge in [-0.15, -0.1) is 0 Å². The van der Waals surface area contributed by atoms with Crippen molar-refractivity contribution < 1.29 is 18.8 Å². The van der Waals surface area contributed by atoms with E-state index in [1.165, 1.54) is 0 Å². The molecule has 3 atom stereocenters. The fraction of sp³-hybridized carbons (Fsp3) is 0.565. The van der Waals surface area contributed by atoms with Gasteiger partial charge in [0.2, 0.25) is 5.91 Å². The summed E-state index contributed by atoms with van der Waals surface area (Å²) in [5, 5.41) is 0.0755. The van der Waals surface area contributed by atoms with E-state index in [0.29, 0.717) is 12.1 Å². The Morgan fingerprint density at radius 2 is 1.90 bits per heavy atom. The minimum absolute atomic E-state index is 0.0297. The van der Waals surface area contributed by atoms with Crippen LogP contribution < -0.4 is 0 Å². The Labute approximate surface area is 185 Å². The monoisotopic (exact) mass is 447 g/mol. The minimum atomic E-state index is -2.00. The quantitative estimate of drug-likeness (QED) is 0.327. The normalized spacial score (nSPS) is 22.6. The van der Waals surface area contributed by atoms with Gasteiger partial charge >= 0.3 is 5.97 Å². The number of nitrogens with zero attached hydrogens (tertiary/aromatic N) is 1. The van der Waals surface area contributed by atoms with Crippen LogP contribution in [0.1, 0.15) is 41.0 Å². The van der Waals surface area contributed by atoms with Gasteiger partial charge in [-0.05, 0) is 44.1 Å². The molecular weight excluding hydrogens is 414 g/mol. The third-order valence-electron chi connectivity index (χ3n) is 6.41. The number of fused-ring (bicyclic) bond motifs is 1. The maximum absolute atomic E-state index is 13.1. The fourth-order valence-corrected chi connectivity index (χ4v) is 6.38. The van der Waals surface area contributed by atoms with Crippen LogP contribution in [0.4, 0.5) is 0 Å². The van der Waals surface area contributed by atoms with Gasteiger partial charge in [-0.3, -0.25) is 4.79 Å². The second kappa shape index (κ2) is 8.52. The lowest BCUT2D eigenvalue weighted by atomic mass is 9.83. The summed E-state index contributed by atoms with van der Waals surface area (Å²) < 4.78 is 11.8. The van der Waals surface area contributed by atoms with Crippen molar-refractivity contribution in [3.05, 3.63) is 40.9 Å². The van der Waals surface area contributed by atoms with Gasteiger partial charge in [-0.25, -0.2) is 4.79 Å². The van der Waals surface area contributed by atoms with E-state index in [0.717, 1.165) is 9.80 Å². The third kappa shape index (κ3) is 4.25. The Morgan fingerprint density at radius 1 is 1.27 bits per heavy atom. The summed E-state index contributed by atoms with van der Waals surface area (Å²) in [6.07, 6.45) is 0.485. The number of hydrogen-bond acceptors (Lipinski definition) is 5. The van der Waals surface area contributed by atoms with Gasteiger partial charge < -0.3 is 14.1 Å². The van der Waals surface area contributed by atoms with Crippen LogP contribution in [0.2, 0.25) is 18.1 Å². The maximum atomic E-state index is 13.1. The molecule has 5 nitrogen and oxygen atoms in total. The van der Waals surface area contributed by atoms with Gasteiger partial charge in [-0.1, -0.05) is 50.7 Å². The highest BCUT2D eigenvalue weighted by molar-refractivity contribution is 8.03. The molecule has 0 saturated carbocycles. The minimum Gasteiger partial charge on any atom is -0.461 e. The van der Waals surface area contributed by atoms with Crippen LogP contribution in [-0.4, -0.2) is 43.8 Å². The third-order valence-corrected chi connectivity index (χ3v) is 12.1. The van der Waals surface area contributed by atoms with Crippen molar-refractivity contribution in [3.63, 3.8) is 0 Å². The molecule has 1 fully saturated rings. The number of rotatable bonds is 7. The molecule has 1 saturated heterocycles.